The molecule has 0 saturated carbocycles. The Labute approximate surface area is 176 Å². The van der Waals surface area contributed by atoms with Crippen molar-refractivity contribution < 1.29 is 18.4 Å². The highest BCUT2D eigenvalue weighted by molar-refractivity contribution is 6.08. The molecule has 1 fully saturated rings. The average Bonchev–Trinajstić information content (AvgIpc) is 3.23. The van der Waals surface area contributed by atoms with Gasteiger partial charge in [-0.25, -0.2) is 13.8 Å². The Hall–Kier alpha value is -3.82. The zero-order valence-electron chi connectivity index (χ0n) is 16.4. The third-order valence-corrected chi connectivity index (χ3v) is 5.10. The molecule has 0 unspecified atom stereocenters. The van der Waals surface area contributed by atoms with E-state index in [4.69, 9.17) is 0 Å². The molecule has 160 valence electrons. The molecule has 3 heterocycles. The molecule has 0 radical (unpaired) electrons. The van der Waals surface area contributed by atoms with Crippen molar-refractivity contribution in [2.45, 2.75) is 18.9 Å². The van der Waals surface area contributed by atoms with Gasteiger partial charge in [0.15, 0.2) is 5.69 Å². The summed E-state index contributed by atoms with van der Waals surface area (Å²) < 4.78 is 27.7. The number of halogens is 2. The summed E-state index contributed by atoms with van der Waals surface area (Å²) in [6, 6.07) is 8.79. The number of pyridine rings is 1. The van der Waals surface area contributed by atoms with E-state index in [1.54, 1.807) is 6.20 Å². The third kappa shape index (κ3) is 4.52. The smallest absolute Gasteiger partial charge is 0.274 e. The van der Waals surface area contributed by atoms with Crippen molar-refractivity contribution in [2.24, 2.45) is 0 Å². The Kier molecular flexibility index (Phi) is 5.87. The van der Waals surface area contributed by atoms with Gasteiger partial charge in [-0.05, 0) is 37.1 Å². The standard InChI is InChI=1S/C21H20F2N6O2/c22-14-4-3-5-15(23)18(14)20(30)27-16-12-25-28-19(16)21(31)26-13-7-10-29(11-8-13)17-6-1-2-9-24-17/h1-6,9,12-13H,7-8,10-11H2,(H,25,28)(H,26,31)(H,27,30). The van der Waals surface area contributed by atoms with Crippen LogP contribution in [-0.4, -0.2) is 46.1 Å². The van der Waals surface area contributed by atoms with Gasteiger partial charge in [0.1, 0.15) is 23.0 Å². The minimum absolute atomic E-state index is 0.0380. The fourth-order valence-electron chi connectivity index (χ4n) is 3.51. The number of aromatic nitrogens is 3. The molecule has 0 bridgehead atoms. The Morgan fingerprint density at radius 3 is 2.45 bits per heavy atom. The SMILES string of the molecule is O=C(NC1CCN(c2ccccn2)CC1)c1n[nH]cc1NC(=O)c1c(F)cccc1F. The van der Waals surface area contributed by atoms with Gasteiger partial charge in [-0.3, -0.25) is 14.7 Å². The van der Waals surface area contributed by atoms with Gasteiger partial charge in [0.2, 0.25) is 0 Å². The van der Waals surface area contributed by atoms with Gasteiger partial charge in [0, 0.05) is 31.5 Å². The number of benzene rings is 1. The summed E-state index contributed by atoms with van der Waals surface area (Å²) in [6.07, 6.45) is 4.46. The number of piperidine rings is 1. The van der Waals surface area contributed by atoms with Gasteiger partial charge < -0.3 is 15.5 Å². The van der Waals surface area contributed by atoms with Crippen LogP contribution in [0.4, 0.5) is 20.3 Å². The maximum Gasteiger partial charge on any atom is 0.274 e. The van der Waals surface area contributed by atoms with Crippen LogP contribution in [0.1, 0.15) is 33.7 Å². The fourth-order valence-corrected chi connectivity index (χ4v) is 3.51. The van der Waals surface area contributed by atoms with E-state index < -0.39 is 29.0 Å². The van der Waals surface area contributed by atoms with Crippen LogP contribution in [0.3, 0.4) is 0 Å². The van der Waals surface area contributed by atoms with E-state index in [1.807, 2.05) is 18.2 Å². The number of carbonyl (C=O) groups excluding carboxylic acids is 2. The van der Waals surface area contributed by atoms with Crippen molar-refractivity contribution in [3.63, 3.8) is 0 Å². The molecule has 4 rings (SSSR count). The second-order valence-electron chi connectivity index (χ2n) is 7.12. The zero-order valence-corrected chi connectivity index (χ0v) is 16.4. The molecule has 2 aromatic heterocycles. The molecule has 1 aromatic carbocycles. The highest BCUT2D eigenvalue weighted by Gasteiger charge is 2.25. The second kappa shape index (κ2) is 8.90. The molecule has 0 atom stereocenters. The number of H-pyrrole nitrogens is 1. The fraction of sp³-hybridized carbons (Fsp3) is 0.238. The van der Waals surface area contributed by atoms with Crippen LogP contribution in [0.2, 0.25) is 0 Å². The number of carbonyl (C=O) groups is 2. The number of nitrogens with one attached hydrogen (secondary N) is 3. The lowest BCUT2D eigenvalue weighted by molar-refractivity contribution is 0.0927. The van der Waals surface area contributed by atoms with E-state index in [1.165, 1.54) is 6.20 Å². The van der Waals surface area contributed by atoms with Crippen LogP contribution >= 0.6 is 0 Å². The normalized spacial score (nSPS) is 14.3. The molecule has 31 heavy (non-hydrogen) atoms. The zero-order chi connectivity index (χ0) is 21.8. The second-order valence-corrected chi connectivity index (χ2v) is 7.12. The maximum absolute atomic E-state index is 13.8. The molecular weight excluding hydrogens is 406 g/mol. The third-order valence-electron chi connectivity index (χ3n) is 5.10. The van der Waals surface area contributed by atoms with E-state index >= 15 is 0 Å². The van der Waals surface area contributed by atoms with Gasteiger partial charge >= 0.3 is 0 Å². The van der Waals surface area contributed by atoms with Gasteiger partial charge in [0.05, 0.1) is 5.69 Å². The summed E-state index contributed by atoms with van der Waals surface area (Å²) in [4.78, 5) is 31.5. The minimum atomic E-state index is -1.00. The first-order valence-corrected chi connectivity index (χ1v) is 9.79. The number of nitrogens with zero attached hydrogens (tertiary/aromatic N) is 3. The number of amides is 2. The van der Waals surface area contributed by atoms with Crippen molar-refractivity contribution >= 4 is 23.3 Å². The Bertz CT molecular complexity index is 1060. The van der Waals surface area contributed by atoms with Crippen molar-refractivity contribution in [1.82, 2.24) is 20.5 Å². The number of hydrogen-bond acceptors (Lipinski definition) is 5. The van der Waals surface area contributed by atoms with Crippen LogP contribution in [0.15, 0.2) is 48.8 Å². The Morgan fingerprint density at radius 2 is 1.77 bits per heavy atom. The first-order chi connectivity index (χ1) is 15.0. The topological polar surface area (TPSA) is 103 Å². The van der Waals surface area contributed by atoms with Gasteiger partial charge in [-0.15, -0.1) is 0 Å². The van der Waals surface area contributed by atoms with Crippen LogP contribution in [0.25, 0.3) is 0 Å². The van der Waals surface area contributed by atoms with Gasteiger partial charge in [0.25, 0.3) is 11.8 Å². The Morgan fingerprint density at radius 1 is 1.03 bits per heavy atom. The highest BCUT2D eigenvalue weighted by Crippen LogP contribution is 2.20. The van der Waals surface area contributed by atoms with E-state index in [-0.39, 0.29) is 17.4 Å². The Balaban J connectivity index is 1.38. The molecule has 0 aliphatic carbocycles. The number of aromatic amines is 1. The molecule has 0 spiro atoms. The molecule has 3 N–H and O–H groups in total. The first kappa shape index (κ1) is 20.5. The van der Waals surface area contributed by atoms with Crippen molar-refractivity contribution in [1.29, 1.82) is 0 Å². The summed E-state index contributed by atoms with van der Waals surface area (Å²) in [5.74, 6) is -2.58. The number of hydrogen-bond donors (Lipinski definition) is 3. The predicted octanol–water partition coefficient (Wildman–Crippen LogP) is 2.73. The van der Waals surface area contributed by atoms with Crippen LogP contribution in [0.5, 0.6) is 0 Å². The quantitative estimate of drug-likeness (QED) is 0.582. The van der Waals surface area contributed by atoms with Gasteiger partial charge in [-0.2, -0.15) is 5.10 Å². The lowest BCUT2D eigenvalue weighted by Crippen LogP contribution is -2.45. The average molecular weight is 426 g/mol. The summed E-state index contributed by atoms with van der Waals surface area (Å²) in [6.45, 7) is 1.47. The van der Waals surface area contributed by atoms with Crippen LogP contribution in [0, 0.1) is 11.6 Å². The maximum atomic E-state index is 13.8. The largest absolute Gasteiger partial charge is 0.356 e. The summed E-state index contributed by atoms with van der Waals surface area (Å²) in [7, 11) is 0. The molecule has 1 aliphatic rings. The van der Waals surface area contributed by atoms with Crippen molar-refractivity contribution in [2.75, 3.05) is 23.3 Å². The lowest BCUT2D eigenvalue weighted by Gasteiger charge is -2.33. The molecule has 3 aromatic rings. The first-order valence-electron chi connectivity index (χ1n) is 9.79. The summed E-state index contributed by atoms with van der Waals surface area (Å²) in [5, 5.41) is 11.6. The molecule has 1 saturated heterocycles. The molecule has 8 nitrogen and oxygen atoms in total. The lowest BCUT2D eigenvalue weighted by atomic mass is 10.0. The number of anilines is 2. The van der Waals surface area contributed by atoms with Crippen LogP contribution in [-0.2, 0) is 0 Å². The predicted molar refractivity (Wildman–Crippen MR) is 110 cm³/mol. The van der Waals surface area contributed by atoms with E-state index in [2.05, 4.69) is 30.7 Å². The van der Waals surface area contributed by atoms with Crippen molar-refractivity contribution in [3.8, 4) is 0 Å². The summed E-state index contributed by atoms with van der Waals surface area (Å²) >= 11 is 0. The molecule has 10 heteroatoms. The summed E-state index contributed by atoms with van der Waals surface area (Å²) in [5.41, 5.74) is -0.745. The van der Waals surface area contributed by atoms with E-state index in [9.17, 15) is 18.4 Å². The highest BCUT2D eigenvalue weighted by atomic mass is 19.1. The minimum Gasteiger partial charge on any atom is -0.356 e. The monoisotopic (exact) mass is 426 g/mol. The van der Waals surface area contributed by atoms with Crippen LogP contribution < -0.4 is 15.5 Å². The molecule has 1 aliphatic heterocycles. The van der Waals surface area contributed by atoms with Gasteiger partial charge in [-0.1, -0.05) is 12.1 Å². The molecule has 2 amide bonds. The number of rotatable bonds is 5. The van der Waals surface area contributed by atoms with E-state index in [0.29, 0.717) is 0 Å². The molecular formula is C21H20F2N6O2. The van der Waals surface area contributed by atoms with E-state index in [0.717, 1.165) is 49.9 Å². The van der Waals surface area contributed by atoms with Crippen molar-refractivity contribution in [3.05, 3.63) is 71.7 Å².